The van der Waals surface area contributed by atoms with Gasteiger partial charge in [-0.25, -0.2) is 19.9 Å². The number of aryl methyl sites for hydroxylation is 2. The Kier molecular flexibility index (Phi) is 14.3. The fourth-order valence-corrected chi connectivity index (χ4v) is 6.99. The van der Waals surface area contributed by atoms with E-state index in [4.69, 9.17) is 14.5 Å². The summed E-state index contributed by atoms with van der Waals surface area (Å²) in [5.74, 6) is 14.4. The summed E-state index contributed by atoms with van der Waals surface area (Å²) in [5, 5.41) is 10.6. The average Bonchev–Trinajstić information content (AvgIpc) is 3.84. The number of aliphatic hydroxyl groups excluding tert-OH is 1. The average molecular weight is 785 g/mol. The Morgan fingerprint density at radius 3 is 1.67 bits per heavy atom. The lowest BCUT2D eigenvalue weighted by Crippen LogP contribution is -2.34. The van der Waals surface area contributed by atoms with Crippen molar-refractivity contribution in [1.29, 1.82) is 0 Å². The molecule has 2 aromatic carbocycles. The molecule has 3 aliphatic heterocycles. The van der Waals surface area contributed by atoms with E-state index < -0.39 is 0 Å². The number of halogens is 1. The van der Waals surface area contributed by atoms with E-state index in [-0.39, 0.29) is 36.1 Å². The predicted molar refractivity (Wildman–Crippen MR) is 222 cm³/mol. The Balaban J connectivity index is 0.000000169. The zero-order chi connectivity index (χ0) is 38.7. The monoisotopic (exact) mass is 784 g/mol. The molecule has 0 aliphatic carbocycles. The van der Waals surface area contributed by atoms with Crippen LogP contribution in [0, 0.1) is 35.5 Å². The maximum Gasteiger partial charge on any atom is 0.261 e. The summed E-state index contributed by atoms with van der Waals surface area (Å²) in [4.78, 5) is 43.3. The number of nitrogens with zero attached hydrogens (tertiary/aromatic N) is 6. The van der Waals surface area contributed by atoms with Gasteiger partial charge >= 0.3 is 0 Å². The van der Waals surface area contributed by atoms with E-state index >= 15 is 0 Å². The molecule has 2 unspecified atom stereocenters. The van der Waals surface area contributed by atoms with Gasteiger partial charge in [0, 0.05) is 88.2 Å². The van der Waals surface area contributed by atoms with Gasteiger partial charge in [-0.3, -0.25) is 18.7 Å². The highest BCUT2D eigenvalue weighted by molar-refractivity contribution is 5.85. The number of methoxy groups -OCH3 is 1. The minimum atomic E-state index is -0.0395. The fourth-order valence-electron chi connectivity index (χ4n) is 6.99. The second-order valence-electron chi connectivity index (χ2n) is 14.0. The van der Waals surface area contributed by atoms with E-state index in [0.29, 0.717) is 59.5 Å². The molecule has 0 bridgehead atoms. The number of ether oxygens (including phenoxy) is 2. The molecule has 0 saturated carbocycles. The summed E-state index contributed by atoms with van der Waals surface area (Å²) in [5.41, 5.74) is 4.42. The highest BCUT2D eigenvalue weighted by Gasteiger charge is 2.23. The summed E-state index contributed by atoms with van der Waals surface area (Å²) in [7, 11) is 1.70. The molecule has 3 aliphatic rings. The minimum absolute atomic E-state index is 0. The highest BCUT2D eigenvalue weighted by Crippen LogP contribution is 2.21. The van der Waals surface area contributed by atoms with Crippen LogP contribution in [0.3, 0.4) is 0 Å². The summed E-state index contributed by atoms with van der Waals surface area (Å²) in [6.45, 7) is 3.99. The van der Waals surface area contributed by atoms with Gasteiger partial charge in [-0.2, -0.15) is 0 Å². The predicted octanol–water partition coefficient (Wildman–Crippen LogP) is 5.36. The molecule has 9 rings (SSSR count). The first-order valence-electron chi connectivity index (χ1n) is 19.1. The van der Waals surface area contributed by atoms with Crippen LogP contribution in [0.5, 0.6) is 0 Å². The van der Waals surface area contributed by atoms with Crippen LogP contribution in [0.2, 0.25) is 0 Å². The van der Waals surface area contributed by atoms with Crippen LogP contribution in [0.4, 0.5) is 0 Å². The third-order valence-electron chi connectivity index (χ3n) is 9.99. The number of pyridine rings is 2. The number of hydrogen-bond acceptors (Lipinski definition) is 9. The van der Waals surface area contributed by atoms with Gasteiger partial charge in [0.1, 0.15) is 23.0 Å². The van der Waals surface area contributed by atoms with Gasteiger partial charge in [0.25, 0.3) is 11.1 Å². The maximum absolute atomic E-state index is 12.8. The van der Waals surface area contributed by atoms with Crippen molar-refractivity contribution in [2.24, 2.45) is 11.8 Å². The number of aromatic nitrogens is 6. The van der Waals surface area contributed by atoms with Crippen molar-refractivity contribution in [2.75, 3.05) is 33.5 Å². The molecule has 1 fully saturated rings. The van der Waals surface area contributed by atoms with Crippen molar-refractivity contribution >= 4 is 34.2 Å². The molecule has 0 amide bonds. The van der Waals surface area contributed by atoms with Crippen molar-refractivity contribution < 1.29 is 14.6 Å². The van der Waals surface area contributed by atoms with Crippen molar-refractivity contribution in [2.45, 2.75) is 51.6 Å². The van der Waals surface area contributed by atoms with E-state index in [1.807, 2.05) is 66.7 Å². The lowest BCUT2D eigenvalue weighted by atomic mass is 9.99. The van der Waals surface area contributed by atoms with Gasteiger partial charge in [0.15, 0.2) is 0 Å². The molecule has 57 heavy (non-hydrogen) atoms. The molecule has 11 nitrogen and oxygen atoms in total. The molecule has 4 aromatic heterocycles. The Labute approximate surface area is 337 Å². The number of aliphatic hydroxyl groups is 1. The molecule has 292 valence electrons. The molecule has 6 aromatic rings. The first-order chi connectivity index (χ1) is 27.5. The molecule has 1 N–H and O–H groups in total. The molecule has 0 radical (unpaired) electrons. The lowest BCUT2D eigenvalue weighted by Gasteiger charge is -2.25. The number of rotatable bonds is 3. The summed E-state index contributed by atoms with van der Waals surface area (Å²) < 4.78 is 13.7. The summed E-state index contributed by atoms with van der Waals surface area (Å²) >= 11 is 0. The summed E-state index contributed by atoms with van der Waals surface area (Å²) in [6, 6.07) is 22.3. The fraction of sp³-hybridized carbons (Fsp3) is 0.333. The van der Waals surface area contributed by atoms with Gasteiger partial charge in [0.2, 0.25) is 0 Å². The number of hydrogen-bond donors (Lipinski definition) is 1. The maximum atomic E-state index is 12.8. The number of fused-ring (bicyclic) bond motifs is 4. The molecule has 1 saturated heterocycles. The third-order valence-corrected chi connectivity index (χ3v) is 9.99. The van der Waals surface area contributed by atoms with Gasteiger partial charge in [0.05, 0.1) is 28.4 Å². The van der Waals surface area contributed by atoms with Crippen molar-refractivity contribution in [1.82, 2.24) is 29.1 Å². The molecular weight excluding hydrogens is 740 g/mol. The topological polar surface area (TPSA) is 134 Å². The van der Waals surface area contributed by atoms with E-state index in [2.05, 4.69) is 38.6 Å². The third kappa shape index (κ3) is 10.4. The molecular formula is C45H45ClN6O5. The molecule has 12 heteroatoms. The normalized spacial score (nSPS) is 16.5. The first-order valence-corrected chi connectivity index (χ1v) is 19.1. The number of benzene rings is 2. The van der Waals surface area contributed by atoms with Crippen LogP contribution in [-0.4, -0.2) is 67.7 Å². The highest BCUT2D eigenvalue weighted by atomic mass is 35.5. The Morgan fingerprint density at radius 1 is 0.719 bits per heavy atom. The van der Waals surface area contributed by atoms with E-state index in [0.717, 1.165) is 60.9 Å². The second-order valence-corrected chi connectivity index (χ2v) is 14.0. The van der Waals surface area contributed by atoms with Crippen LogP contribution >= 0.6 is 12.4 Å². The van der Waals surface area contributed by atoms with E-state index in [9.17, 15) is 14.7 Å². The van der Waals surface area contributed by atoms with Gasteiger partial charge in [-0.1, -0.05) is 24.0 Å². The SMILES string of the molecule is C1CCOC1.COCC1CCc2nc3cc(C#Cc4ccccn4)ccc3c(=O)n2C1.Cl.O=c1c2ccc(C#Cc3ccccn3)cc2nc2n1CC(CO)CC2. The molecule has 7 heterocycles. The van der Waals surface area contributed by atoms with E-state index in [1.165, 1.54) is 12.8 Å². The standard InChI is InChI=1S/C21H19N3O2.C20H17N3O2.C4H8O.ClH/c1-26-14-16-7-10-20-23-19-12-15(5-8-17-4-2-3-11-22-17)6-9-18(19)21(25)24(20)13-16;24-13-15-6-9-19-22-18-11-14(4-7-16-3-1-2-10-21-16)5-8-17(18)20(25)23(19)12-15;1-2-4-5-3-1;/h2-4,6,9,11-12,16H,7,10,13-14H2,1H3;1-3,5,8,10-11,15,24H,6,9,12-13H2;1-4H2;1H. The Hall–Kier alpha value is -5.69. The smallest absolute Gasteiger partial charge is 0.261 e. The van der Waals surface area contributed by atoms with Crippen molar-refractivity contribution in [3.05, 3.63) is 140 Å². The van der Waals surface area contributed by atoms with Crippen LogP contribution in [-0.2, 0) is 35.4 Å². The largest absolute Gasteiger partial charge is 0.396 e. The van der Waals surface area contributed by atoms with Crippen molar-refractivity contribution in [3.63, 3.8) is 0 Å². The van der Waals surface area contributed by atoms with Gasteiger partial charge in [-0.15, -0.1) is 12.4 Å². The van der Waals surface area contributed by atoms with Gasteiger partial charge in [-0.05, 0) is 98.2 Å². The quantitative estimate of drug-likeness (QED) is 0.236. The van der Waals surface area contributed by atoms with Gasteiger partial charge < -0.3 is 14.6 Å². The Morgan fingerprint density at radius 2 is 1.23 bits per heavy atom. The zero-order valence-corrected chi connectivity index (χ0v) is 32.7. The Bertz CT molecular complexity index is 2540. The first kappa shape index (κ1) is 41.0. The van der Waals surface area contributed by atoms with Crippen LogP contribution in [0.1, 0.15) is 59.8 Å². The lowest BCUT2D eigenvalue weighted by molar-refractivity contribution is 0.130. The van der Waals surface area contributed by atoms with Crippen LogP contribution < -0.4 is 11.1 Å². The molecule has 2 atom stereocenters. The zero-order valence-electron chi connectivity index (χ0n) is 31.9. The van der Waals surface area contributed by atoms with Crippen molar-refractivity contribution in [3.8, 4) is 23.7 Å². The second kappa shape index (κ2) is 19.9. The molecule has 0 spiro atoms. The van der Waals surface area contributed by atoms with E-state index in [1.54, 1.807) is 34.7 Å². The van der Waals surface area contributed by atoms with Crippen LogP contribution in [0.25, 0.3) is 21.8 Å². The van der Waals surface area contributed by atoms with Crippen LogP contribution in [0.15, 0.2) is 94.8 Å². The minimum Gasteiger partial charge on any atom is -0.396 e. The summed E-state index contributed by atoms with van der Waals surface area (Å²) in [6.07, 6.45) is 9.33.